The molecule has 4 nitrogen and oxygen atoms in total. The Bertz CT molecular complexity index is 458. The number of aliphatic carboxylic acids is 1. The highest BCUT2D eigenvalue weighted by Gasteiger charge is 2.17. The summed E-state index contributed by atoms with van der Waals surface area (Å²) in [5.74, 6) is -0.869. The van der Waals surface area contributed by atoms with Gasteiger partial charge in [0.15, 0.2) is 6.10 Å². The minimum Gasteiger partial charge on any atom is -0.479 e. The number of ether oxygens (including phenoxy) is 1. The molecule has 0 aliphatic rings. The Morgan fingerprint density at radius 1 is 0.920 bits per heavy atom. The number of unbranched alkanes of at least 4 members (excludes halogenated alkanes) is 9. The molecule has 140 valence electrons. The number of hydrogen-bond acceptors (Lipinski definition) is 3. The molecule has 0 saturated heterocycles. The van der Waals surface area contributed by atoms with Gasteiger partial charge < -0.3 is 14.6 Å². The van der Waals surface area contributed by atoms with Crippen LogP contribution in [0.1, 0.15) is 76.2 Å². The summed E-state index contributed by atoms with van der Waals surface area (Å²) < 4.78 is 5.56. The first kappa shape index (κ1) is 21.4. The Morgan fingerprint density at radius 2 is 1.48 bits per heavy atom. The first-order valence-electron chi connectivity index (χ1n) is 9.56. The van der Waals surface area contributed by atoms with Gasteiger partial charge in [0, 0.05) is 6.42 Å². The Morgan fingerprint density at radius 3 is 2.04 bits per heavy atom. The molecule has 1 atom stereocenters. The van der Waals surface area contributed by atoms with Crippen molar-refractivity contribution >= 4 is 12.3 Å². The van der Waals surface area contributed by atoms with Crippen LogP contribution in [0.3, 0.4) is 0 Å². The van der Waals surface area contributed by atoms with Gasteiger partial charge in [0.2, 0.25) is 0 Å². The number of carboxylic acids is 1. The van der Waals surface area contributed by atoms with Crippen LogP contribution in [-0.2, 0) is 20.9 Å². The molecule has 0 aliphatic carbocycles. The first-order valence-corrected chi connectivity index (χ1v) is 9.56. The monoisotopic (exact) mass is 348 g/mol. The zero-order valence-electron chi connectivity index (χ0n) is 15.2. The molecule has 4 heteroatoms. The van der Waals surface area contributed by atoms with Crippen molar-refractivity contribution in [3.05, 3.63) is 35.9 Å². The minimum absolute atomic E-state index is 0.349. The van der Waals surface area contributed by atoms with E-state index in [4.69, 9.17) is 4.74 Å². The highest BCUT2D eigenvalue weighted by Crippen LogP contribution is 2.14. The number of benzene rings is 1. The van der Waals surface area contributed by atoms with Gasteiger partial charge in [-0.25, -0.2) is 4.79 Å². The lowest BCUT2D eigenvalue weighted by Crippen LogP contribution is -2.23. The van der Waals surface area contributed by atoms with Gasteiger partial charge in [-0.15, -0.1) is 0 Å². The van der Waals surface area contributed by atoms with Gasteiger partial charge >= 0.3 is 5.97 Å². The number of hydrogen-bond donors (Lipinski definition) is 1. The van der Waals surface area contributed by atoms with Crippen molar-refractivity contribution in [1.29, 1.82) is 0 Å². The molecule has 0 amide bonds. The summed E-state index contributed by atoms with van der Waals surface area (Å²) in [6, 6.07) is 9.67. The molecule has 1 N–H and O–H groups in total. The Hall–Kier alpha value is -1.68. The van der Waals surface area contributed by atoms with Crippen molar-refractivity contribution in [2.75, 3.05) is 0 Å². The number of carbonyl (C=O) groups is 2. The smallest absolute Gasteiger partial charge is 0.332 e. The number of rotatable bonds is 16. The van der Waals surface area contributed by atoms with E-state index in [1.807, 2.05) is 30.3 Å². The van der Waals surface area contributed by atoms with Gasteiger partial charge in [-0.3, -0.25) is 0 Å². The number of carboxylic acid groups (broad SMARTS) is 1. The molecule has 1 rings (SSSR count). The summed E-state index contributed by atoms with van der Waals surface area (Å²) in [4.78, 5) is 21.5. The number of carbonyl (C=O) groups excluding carboxylic acids is 1. The topological polar surface area (TPSA) is 63.6 Å². The lowest BCUT2D eigenvalue weighted by atomic mass is 10.0. The Balaban J connectivity index is 2.02. The summed E-state index contributed by atoms with van der Waals surface area (Å²) in [5.41, 5.74) is 1.00. The van der Waals surface area contributed by atoms with Gasteiger partial charge in [0.05, 0.1) is 6.61 Å². The van der Waals surface area contributed by atoms with Crippen molar-refractivity contribution in [1.82, 2.24) is 0 Å². The zero-order chi connectivity index (χ0) is 18.2. The van der Waals surface area contributed by atoms with E-state index < -0.39 is 12.1 Å². The molecule has 1 aromatic carbocycles. The van der Waals surface area contributed by atoms with Crippen LogP contribution in [0.25, 0.3) is 0 Å². The molecule has 0 spiro atoms. The van der Waals surface area contributed by atoms with E-state index in [1.54, 1.807) is 0 Å². The second kappa shape index (κ2) is 14.6. The molecule has 0 bridgehead atoms. The van der Waals surface area contributed by atoms with Gasteiger partial charge in [-0.05, 0) is 18.4 Å². The van der Waals surface area contributed by atoms with Gasteiger partial charge in [0.25, 0.3) is 0 Å². The average Bonchev–Trinajstić information content (AvgIpc) is 2.62. The average molecular weight is 348 g/mol. The first-order chi connectivity index (χ1) is 12.2. The molecule has 0 heterocycles. The molecular weight excluding hydrogens is 316 g/mol. The summed E-state index contributed by atoms with van der Waals surface area (Å²) in [6.07, 6.45) is 11.7. The Labute approximate surface area is 151 Å². The molecule has 0 aliphatic heterocycles. The second-order valence-electron chi connectivity index (χ2n) is 6.55. The van der Waals surface area contributed by atoms with E-state index in [-0.39, 0.29) is 0 Å². The molecule has 25 heavy (non-hydrogen) atoms. The van der Waals surface area contributed by atoms with Crippen LogP contribution < -0.4 is 0 Å². The zero-order valence-corrected chi connectivity index (χ0v) is 15.2. The van der Waals surface area contributed by atoms with Crippen LogP contribution in [-0.4, -0.2) is 23.5 Å². The third-order valence-corrected chi connectivity index (χ3v) is 4.36. The summed E-state index contributed by atoms with van der Waals surface area (Å²) in [6.45, 7) is 0.349. The maximum Gasteiger partial charge on any atom is 0.332 e. The molecule has 1 aromatic rings. The maximum atomic E-state index is 11.3. The van der Waals surface area contributed by atoms with Gasteiger partial charge in [0.1, 0.15) is 6.29 Å². The quantitative estimate of drug-likeness (QED) is 0.331. The van der Waals surface area contributed by atoms with Crippen molar-refractivity contribution in [2.45, 2.75) is 83.3 Å². The largest absolute Gasteiger partial charge is 0.479 e. The second-order valence-corrected chi connectivity index (χ2v) is 6.55. The molecular formula is C21H32O4. The summed E-state index contributed by atoms with van der Waals surface area (Å²) in [5, 5.41) is 9.27. The van der Waals surface area contributed by atoms with Crippen LogP contribution in [0.2, 0.25) is 0 Å². The van der Waals surface area contributed by atoms with E-state index in [0.717, 1.165) is 44.0 Å². The molecule has 1 unspecified atom stereocenters. The SMILES string of the molecule is O=CCCCCCCCCCCCC(OCc1ccccc1)C(=O)O. The summed E-state index contributed by atoms with van der Waals surface area (Å²) >= 11 is 0. The van der Waals surface area contributed by atoms with Gasteiger partial charge in [-0.2, -0.15) is 0 Å². The molecule has 0 aromatic heterocycles. The van der Waals surface area contributed by atoms with Crippen molar-refractivity contribution < 1.29 is 19.4 Å². The number of aldehydes is 1. The fourth-order valence-electron chi connectivity index (χ4n) is 2.84. The third-order valence-electron chi connectivity index (χ3n) is 4.36. The van der Waals surface area contributed by atoms with Gasteiger partial charge in [-0.1, -0.05) is 81.7 Å². The van der Waals surface area contributed by atoms with Crippen LogP contribution in [0.4, 0.5) is 0 Å². The maximum absolute atomic E-state index is 11.3. The van der Waals surface area contributed by atoms with E-state index in [2.05, 4.69) is 0 Å². The highest BCUT2D eigenvalue weighted by molar-refractivity contribution is 5.72. The highest BCUT2D eigenvalue weighted by atomic mass is 16.5. The van der Waals surface area contributed by atoms with Crippen LogP contribution in [0, 0.1) is 0 Å². The van der Waals surface area contributed by atoms with E-state index in [0.29, 0.717) is 19.4 Å². The van der Waals surface area contributed by atoms with Crippen molar-refractivity contribution in [2.24, 2.45) is 0 Å². The predicted octanol–water partition coefficient (Wildman–Crippen LogP) is 5.15. The molecule has 0 fully saturated rings. The van der Waals surface area contributed by atoms with E-state index in [9.17, 15) is 14.7 Å². The van der Waals surface area contributed by atoms with E-state index in [1.165, 1.54) is 25.7 Å². The lowest BCUT2D eigenvalue weighted by Gasteiger charge is -2.13. The van der Waals surface area contributed by atoms with Crippen LogP contribution >= 0.6 is 0 Å². The fraction of sp³-hybridized carbons (Fsp3) is 0.619. The van der Waals surface area contributed by atoms with Crippen molar-refractivity contribution in [3.8, 4) is 0 Å². The molecule has 0 saturated carbocycles. The third kappa shape index (κ3) is 11.5. The standard InChI is InChI=1S/C21H32O4/c22-17-13-8-6-4-2-1-3-5-7-12-16-20(21(23)24)25-18-19-14-10-9-11-15-19/h9-11,14-15,17,20H,1-8,12-13,16,18H2,(H,23,24). The summed E-state index contributed by atoms with van der Waals surface area (Å²) in [7, 11) is 0. The van der Waals surface area contributed by atoms with E-state index >= 15 is 0 Å². The lowest BCUT2D eigenvalue weighted by molar-refractivity contribution is -0.151. The fourth-order valence-corrected chi connectivity index (χ4v) is 2.84. The van der Waals surface area contributed by atoms with Crippen molar-refractivity contribution in [3.63, 3.8) is 0 Å². The van der Waals surface area contributed by atoms with Crippen LogP contribution in [0.5, 0.6) is 0 Å². The molecule has 0 radical (unpaired) electrons. The normalized spacial score (nSPS) is 12.0. The minimum atomic E-state index is -0.869. The Kier molecular flexibility index (Phi) is 12.5. The predicted molar refractivity (Wildman–Crippen MR) is 99.5 cm³/mol. The van der Waals surface area contributed by atoms with Crippen LogP contribution in [0.15, 0.2) is 30.3 Å².